The topological polar surface area (TPSA) is 211 Å². The number of ether oxygens (including phenoxy) is 2. The molecule has 0 aromatic heterocycles. The lowest BCUT2D eigenvalue weighted by Crippen LogP contribution is -2.39. The van der Waals surface area contributed by atoms with E-state index in [4.69, 9.17) is 30.4 Å². The highest BCUT2D eigenvalue weighted by molar-refractivity contribution is 8.76. The Bertz CT molecular complexity index is 815. The largest absolute Gasteiger partial charge is 0.798 e. The number of carbonyl (C=O) groups is 1. The van der Waals surface area contributed by atoms with Crippen LogP contribution in [0, 0.1) is 17.8 Å². The van der Waals surface area contributed by atoms with Gasteiger partial charge in [0.25, 0.3) is 0 Å². The van der Waals surface area contributed by atoms with Crippen molar-refractivity contribution >= 4 is 52.8 Å². The molecule has 1 amide bonds. The zero-order valence-electron chi connectivity index (χ0n) is 18.1. The first kappa shape index (κ1) is 31.3. The highest BCUT2D eigenvalue weighted by Crippen LogP contribution is 2.45. The lowest BCUT2D eigenvalue weighted by atomic mass is 10.0. The number of hydrogen-bond acceptors (Lipinski definition) is 14. The minimum absolute atomic E-state index is 0.0928. The van der Waals surface area contributed by atoms with Gasteiger partial charge in [-0.2, -0.15) is 0 Å². The first-order valence-electron chi connectivity index (χ1n) is 9.36. The van der Waals surface area contributed by atoms with Crippen LogP contribution in [0.15, 0.2) is 11.8 Å². The van der Waals surface area contributed by atoms with Crippen molar-refractivity contribution in [3.05, 3.63) is 11.8 Å². The molecule has 0 aliphatic carbocycles. The molecule has 1 heterocycles. The summed E-state index contributed by atoms with van der Waals surface area (Å²) in [6.45, 7) is 1.68. The second-order valence-electron chi connectivity index (χ2n) is 6.17. The van der Waals surface area contributed by atoms with E-state index in [2.05, 4.69) is 31.1 Å². The Balaban J connectivity index is 2.85. The minimum atomic E-state index is -3.19. The maximum atomic E-state index is 11.8. The predicted molar refractivity (Wildman–Crippen MR) is 127 cm³/mol. The Hall–Kier alpha value is -0.750. The fourth-order valence-corrected chi connectivity index (χ4v) is 5.12. The number of amides is 1. The van der Waals surface area contributed by atoms with E-state index in [0.29, 0.717) is 17.9 Å². The second-order valence-corrected chi connectivity index (χ2v) is 11.6. The lowest BCUT2D eigenvalue weighted by Gasteiger charge is -2.20. The summed E-state index contributed by atoms with van der Waals surface area (Å²) >= 11 is 0. The molecule has 1 aliphatic heterocycles. The van der Waals surface area contributed by atoms with Crippen molar-refractivity contribution in [1.29, 1.82) is 0 Å². The molecule has 7 unspecified atom stereocenters. The van der Waals surface area contributed by atoms with Crippen molar-refractivity contribution in [1.82, 2.24) is 10.6 Å². The van der Waals surface area contributed by atoms with Crippen LogP contribution in [0.3, 0.4) is 0 Å². The summed E-state index contributed by atoms with van der Waals surface area (Å²) in [4.78, 5) is 19.2. The van der Waals surface area contributed by atoms with Gasteiger partial charge in [-0.15, -0.1) is 9.42 Å². The standard InChI is InChI=1S/C15H24N4O10P3S2/c1-10-13(25-9-34-33-2)12(7-26-31(23)29-32(24)28-30(21)22)27-15(10)18-6-11(4-3-5-16)14(17)19-8-20/h6,8,10,12-15,18H,5,7,9,16-17H2,1-2H3/q+1/p+2/b11-6-/t10?,12-,13?,14?,15?/m1/s1. The van der Waals surface area contributed by atoms with Gasteiger partial charge in [-0.3, -0.25) is 4.79 Å². The van der Waals surface area contributed by atoms with Crippen molar-refractivity contribution in [2.75, 3.05) is 25.3 Å². The molecule has 7 N–H and O–H groups in total. The van der Waals surface area contributed by atoms with Gasteiger partial charge in [-0.1, -0.05) is 40.4 Å². The molecule has 34 heavy (non-hydrogen) atoms. The van der Waals surface area contributed by atoms with Crippen molar-refractivity contribution < 1.29 is 46.0 Å². The predicted octanol–water partition coefficient (Wildman–Crippen LogP) is 1.18. The maximum Gasteiger partial charge on any atom is 0.798 e. The average molecular weight is 579 g/mol. The zero-order valence-corrected chi connectivity index (χ0v) is 22.4. The summed E-state index contributed by atoms with van der Waals surface area (Å²) in [5.74, 6) is 5.53. The van der Waals surface area contributed by atoms with Crippen LogP contribution < -0.4 is 22.1 Å². The van der Waals surface area contributed by atoms with E-state index in [1.807, 2.05) is 13.2 Å². The third-order valence-electron chi connectivity index (χ3n) is 4.04. The molecular weight excluding hydrogens is 553 g/mol. The lowest BCUT2D eigenvalue weighted by molar-refractivity contribution is -0.109. The van der Waals surface area contributed by atoms with E-state index in [1.54, 1.807) is 0 Å². The van der Waals surface area contributed by atoms with Crippen LogP contribution in [0.2, 0.25) is 0 Å². The summed E-state index contributed by atoms with van der Waals surface area (Å²) in [6, 6.07) is 0. The third-order valence-corrected chi connectivity index (χ3v) is 8.03. The van der Waals surface area contributed by atoms with Crippen LogP contribution in [-0.2, 0) is 41.1 Å². The van der Waals surface area contributed by atoms with Crippen molar-refractivity contribution in [3.8, 4) is 11.8 Å². The van der Waals surface area contributed by atoms with Gasteiger partial charge in [0.05, 0.1) is 18.2 Å². The van der Waals surface area contributed by atoms with Gasteiger partial charge in [0.15, 0.2) is 8.62 Å². The van der Waals surface area contributed by atoms with E-state index < -0.39 is 49.4 Å². The highest BCUT2D eigenvalue weighted by atomic mass is 33.1. The van der Waals surface area contributed by atoms with Gasteiger partial charge in [-0.25, -0.2) is 0 Å². The third kappa shape index (κ3) is 11.8. The molecular formula is C15H26N4O10P3S2+3. The molecule has 0 spiro atoms. The molecule has 190 valence electrons. The van der Waals surface area contributed by atoms with Crippen LogP contribution in [0.4, 0.5) is 0 Å². The number of nitrogens with two attached hydrogens (primary N) is 2. The molecule has 1 saturated heterocycles. The molecule has 0 radical (unpaired) electrons. The normalized spacial score (nSPS) is 24.5. The summed E-state index contributed by atoms with van der Waals surface area (Å²) in [5.41, 5.74) is 11.6. The maximum absolute atomic E-state index is 11.8. The van der Waals surface area contributed by atoms with Crippen molar-refractivity contribution in [3.63, 3.8) is 0 Å². The van der Waals surface area contributed by atoms with Crippen LogP contribution in [0.25, 0.3) is 0 Å². The van der Waals surface area contributed by atoms with Crippen molar-refractivity contribution in [2.45, 2.75) is 31.5 Å². The Morgan fingerprint density at radius 2 is 2.06 bits per heavy atom. The number of hydrogen-bond donors (Lipinski definition) is 5. The molecule has 8 atom stereocenters. The average Bonchev–Trinajstić information content (AvgIpc) is 3.06. The molecule has 0 bridgehead atoms. The van der Waals surface area contributed by atoms with E-state index >= 15 is 0 Å². The van der Waals surface area contributed by atoms with Crippen LogP contribution in [-0.4, -0.2) is 61.3 Å². The molecule has 14 nitrogen and oxygen atoms in total. The summed E-state index contributed by atoms with van der Waals surface area (Å²) in [7, 11) is -6.26. The Morgan fingerprint density at radius 3 is 2.68 bits per heavy atom. The Kier molecular flexibility index (Phi) is 16.2. The molecule has 0 aromatic rings. The first-order chi connectivity index (χ1) is 16.2. The summed E-state index contributed by atoms with van der Waals surface area (Å²) in [5, 5.41) is 5.42. The first-order valence-corrected chi connectivity index (χ1v) is 15.4. The molecule has 1 rings (SSSR count). The van der Waals surface area contributed by atoms with Gasteiger partial charge >= 0.3 is 24.8 Å². The van der Waals surface area contributed by atoms with Gasteiger partial charge < -0.3 is 31.6 Å². The van der Waals surface area contributed by atoms with E-state index in [9.17, 15) is 18.5 Å². The quantitative estimate of drug-likeness (QED) is 0.0434. The van der Waals surface area contributed by atoms with Gasteiger partial charge in [0, 0.05) is 25.8 Å². The van der Waals surface area contributed by atoms with E-state index in [1.165, 1.54) is 27.8 Å². The fraction of sp³-hybridized carbons (Fsp3) is 0.667. The van der Waals surface area contributed by atoms with E-state index in [0.717, 1.165) is 0 Å². The smallest absolute Gasteiger partial charge is 0.365 e. The summed E-state index contributed by atoms with van der Waals surface area (Å²) in [6.07, 6.45) is 1.15. The van der Waals surface area contributed by atoms with Gasteiger partial charge in [0.1, 0.15) is 31.0 Å². The van der Waals surface area contributed by atoms with Gasteiger partial charge in [-0.05, 0) is 6.26 Å². The zero-order chi connectivity index (χ0) is 25.5. The molecule has 1 fully saturated rings. The molecule has 1 aliphatic rings. The van der Waals surface area contributed by atoms with E-state index in [-0.39, 0.29) is 19.1 Å². The summed E-state index contributed by atoms with van der Waals surface area (Å²) < 4.78 is 58.8. The SMILES string of the molecule is CSSCOC1C(C)C(N/C=C(/C#CCN)C(N)NC=O)O[C@@H]1CO[P+](=O)O[P+](=O)O[P+](=O)O. The molecule has 0 saturated carbocycles. The fourth-order valence-electron chi connectivity index (χ4n) is 2.62. The number of nitrogens with one attached hydrogen (secondary N) is 2. The molecule has 19 heteroatoms. The van der Waals surface area contributed by atoms with Gasteiger partial charge in [0.2, 0.25) is 6.41 Å². The van der Waals surface area contributed by atoms with Crippen molar-refractivity contribution in [2.24, 2.45) is 17.4 Å². The number of carbonyl (C=O) groups excluding carboxylic acids is 1. The van der Waals surface area contributed by atoms with Crippen LogP contribution in [0.1, 0.15) is 6.92 Å². The molecule has 0 aromatic carbocycles. The second kappa shape index (κ2) is 17.6. The minimum Gasteiger partial charge on any atom is -0.365 e. The van der Waals surface area contributed by atoms with Crippen LogP contribution >= 0.6 is 46.4 Å². The Morgan fingerprint density at radius 1 is 1.32 bits per heavy atom. The van der Waals surface area contributed by atoms with Crippen LogP contribution in [0.5, 0.6) is 0 Å². The highest BCUT2D eigenvalue weighted by Gasteiger charge is 2.50. The number of rotatable bonds is 16. The Labute approximate surface area is 207 Å². The monoisotopic (exact) mass is 579 g/mol.